The van der Waals surface area contributed by atoms with E-state index in [1.165, 1.54) is 22.8 Å². The highest BCUT2D eigenvalue weighted by atomic mass is 19.4. The number of benzene rings is 1. The van der Waals surface area contributed by atoms with Gasteiger partial charge in [0.15, 0.2) is 0 Å². The van der Waals surface area contributed by atoms with Gasteiger partial charge in [0.1, 0.15) is 11.9 Å². The summed E-state index contributed by atoms with van der Waals surface area (Å²) >= 11 is 0. The Balaban J connectivity index is 1.36. The first-order valence-electron chi connectivity index (χ1n) is 13.7. The van der Waals surface area contributed by atoms with Crippen molar-refractivity contribution in [1.29, 1.82) is 0 Å². The number of carbonyl (C=O) groups excluding carboxylic acids is 3. The molecule has 0 radical (unpaired) electrons. The van der Waals surface area contributed by atoms with E-state index in [1.807, 2.05) is 25.1 Å². The van der Waals surface area contributed by atoms with E-state index in [4.69, 9.17) is 0 Å². The molecule has 41 heavy (non-hydrogen) atoms. The van der Waals surface area contributed by atoms with Crippen molar-refractivity contribution < 1.29 is 27.6 Å². The Morgan fingerprint density at radius 1 is 1.20 bits per heavy atom. The van der Waals surface area contributed by atoms with Crippen molar-refractivity contribution in [2.75, 3.05) is 34.8 Å². The molecule has 2 bridgehead atoms. The van der Waals surface area contributed by atoms with Crippen molar-refractivity contribution >= 4 is 34.9 Å². The number of rotatable bonds is 5. The van der Waals surface area contributed by atoms with Crippen LogP contribution in [-0.4, -0.2) is 54.4 Å². The number of alkyl halides is 3. The molecule has 4 fully saturated rings. The molecule has 1 N–H and O–H groups in total. The molecular formula is C30H32F3N5O3. The van der Waals surface area contributed by atoms with Crippen LogP contribution in [0.5, 0.6) is 0 Å². The Labute approximate surface area is 236 Å². The van der Waals surface area contributed by atoms with Crippen molar-refractivity contribution in [3.63, 3.8) is 0 Å². The zero-order valence-corrected chi connectivity index (χ0v) is 23.2. The van der Waals surface area contributed by atoms with E-state index in [2.05, 4.69) is 21.8 Å². The molecule has 0 spiro atoms. The first kappa shape index (κ1) is 27.3. The third kappa shape index (κ3) is 4.36. The fourth-order valence-electron chi connectivity index (χ4n) is 7.66. The van der Waals surface area contributed by atoms with Crippen LogP contribution >= 0.6 is 0 Å². The molecule has 3 aliphatic carbocycles. The van der Waals surface area contributed by atoms with Crippen molar-refractivity contribution in [3.8, 4) is 0 Å². The molecule has 3 amide bonds. The lowest BCUT2D eigenvalue weighted by molar-refractivity contribution is -0.158. The molecule has 3 heterocycles. The molecule has 5 aliphatic rings. The lowest BCUT2D eigenvalue weighted by Gasteiger charge is -2.71. The van der Waals surface area contributed by atoms with Crippen LogP contribution in [0.1, 0.15) is 42.5 Å². The number of nitrogens with zero attached hydrogens (tertiary/aromatic N) is 4. The van der Waals surface area contributed by atoms with Crippen molar-refractivity contribution in [2.45, 2.75) is 57.3 Å². The molecule has 3 saturated carbocycles. The number of para-hydroxylation sites is 1. The Bertz CT molecular complexity index is 1470. The molecule has 1 saturated heterocycles. The zero-order chi connectivity index (χ0) is 29.5. The predicted molar refractivity (Wildman–Crippen MR) is 148 cm³/mol. The Morgan fingerprint density at radius 3 is 2.56 bits per heavy atom. The number of anilines is 3. The van der Waals surface area contributed by atoms with Crippen molar-refractivity contribution in [3.05, 3.63) is 59.8 Å². The van der Waals surface area contributed by atoms with E-state index >= 15 is 0 Å². The van der Waals surface area contributed by atoms with Gasteiger partial charge in [-0.05, 0) is 68.4 Å². The zero-order valence-electron chi connectivity index (χ0n) is 23.2. The number of amides is 3. The molecule has 11 heteroatoms. The minimum absolute atomic E-state index is 0.00666. The van der Waals surface area contributed by atoms with Crippen LogP contribution in [0, 0.1) is 25.2 Å². The van der Waals surface area contributed by atoms with Crippen molar-refractivity contribution in [1.82, 2.24) is 10.3 Å². The van der Waals surface area contributed by atoms with Gasteiger partial charge in [-0.2, -0.15) is 13.2 Å². The number of pyridine rings is 1. The number of hydrogen-bond acceptors (Lipinski definition) is 5. The quantitative estimate of drug-likeness (QED) is 0.549. The summed E-state index contributed by atoms with van der Waals surface area (Å²) in [5.41, 5.74) is 1.57. The maximum Gasteiger partial charge on any atom is 0.416 e. The van der Waals surface area contributed by atoms with E-state index < -0.39 is 29.6 Å². The van der Waals surface area contributed by atoms with Crippen LogP contribution in [-0.2, 0) is 20.6 Å². The lowest BCUT2D eigenvalue weighted by atomic mass is 9.39. The van der Waals surface area contributed by atoms with Gasteiger partial charge in [-0.1, -0.05) is 18.7 Å². The lowest BCUT2D eigenvalue weighted by Crippen LogP contribution is -2.77. The number of halogens is 3. The van der Waals surface area contributed by atoms with Gasteiger partial charge >= 0.3 is 6.18 Å². The summed E-state index contributed by atoms with van der Waals surface area (Å²) in [6, 6.07) is 6.50. The molecule has 216 valence electrons. The number of carbonyl (C=O) groups is 3. The molecule has 2 aliphatic heterocycles. The maximum atomic E-state index is 14.0. The maximum absolute atomic E-state index is 14.0. The third-order valence-electron chi connectivity index (χ3n) is 9.12. The van der Waals surface area contributed by atoms with E-state index in [0.29, 0.717) is 18.8 Å². The smallest absolute Gasteiger partial charge is 0.369 e. The number of nitrogens with one attached hydrogen (secondary N) is 1. The second kappa shape index (κ2) is 9.06. The Kier molecular flexibility index (Phi) is 6.03. The van der Waals surface area contributed by atoms with Gasteiger partial charge in [0, 0.05) is 43.7 Å². The highest BCUT2D eigenvalue weighted by Gasteiger charge is 2.68. The minimum atomic E-state index is -4.62. The highest BCUT2D eigenvalue weighted by Crippen LogP contribution is 2.67. The number of aryl methyl sites for hydroxylation is 2. The molecule has 2 aromatic rings. The van der Waals surface area contributed by atoms with Crippen LogP contribution in [0.3, 0.4) is 0 Å². The summed E-state index contributed by atoms with van der Waals surface area (Å²) in [6.45, 7) is 8.03. The van der Waals surface area contributed by atoms with Crippen LogP contribution in [0.15, 0.2) is 43.0 Å². The second-order valence-electron chi connectivity index (χ2n) is 12.3. The Morgan fingerprint density at radius 2 is 1.90 bits per heavy atom. The monoisotopic (exact) mass is 567 g/mol. The van der Waals surface area contributed by atoms with Gasteiger partial charge in [0.05, 0.1) is 16.9 Å². The normalized spacial score (nSPS) is 28.7. The van der Waals surface area contributed by atoms with Gasteiger partial charge in [0.2, 0.25) is 17.7 Å². The van der Waals surface area contributed by atoms with Crippen LogP contribution in [0.2, 0.25) is 0 Å². The summed E-state index contributed by atoms with van der Waals surface area (Å²) in [5, 5.41) is 3.06. The summed E-state index contributed by atoms with van der Waals surface area (Å²) < 4.78 is 41.0. The number of fused-ring (bicyclic) bond motifs is 2. The fraction of sp³-hybridized carbons (Fsp3) is 0.467. The Hall–Kier alpha value is -3.89. The largest absolute Gasteiger partial charge is 0.416 e. The van der Waals surface area contributed by atoms with Gasteiger partial charge < -0.3 is 15.1 Å². The van der Waals surface area contributed by atoms with E-state index in [9.17, 15) is 27.6 Å². The fourth-order valence-corrected chi connectivity index (χ4v) is 7.66. The van der Waals surface area contributed by atoms with E-state index in [0.717, 1.165) is 42.6 Å². The van der Waals surface area contributed by atoms with Gasteiger partial charge in [-0.25, -0.2) is 4.98 Å². The summed E-state index contributed by atoms with van der Waals surface area (Å²) in [5.74, 6) is -1.58. The minimum Gasteiger partial charge on any atom is -0.369 e. The average molecular weight is 568 g/mol. The standard InChI is InChI=1S/C30H32F3N5O3/c1-5-23(39)35-29-13-28(14-29,15-29)16-37-12-19-10-24(40)38(22-11-20(30(31,32)33)9-18(3)34-22)26(19)27(41)36(4)21-8-6-7-17(2)25(21)37/h5-9,11,19,26H,1,10,12-16H2,2-4H3,(H,35,39)/t19-,26+,28?,29?/m1/s1. The average Bonchev–Trinajstić information content (AvgIpc) is 3.18. The van der Waals surface area contributed by atoms with Crippen molar-refractivity contribution in [2.24, 2.45) is 11.3 Å². The molecule has 0 unspecified atom stereocenters. The van der Waals surface area contributed by atoms with Gasteiger partial charge in [0.25, 0.3) is 0 Å². The van der Waals surface area contributed by atoms with Crippen LogP contribution in [0.4, 0.5) is 30.4 Å². The molecule has 2 atom stereocenters. The first-order valence-corrected chi connectivity index (χ1v) is 13.7. The first-order chi connectivity index (χ1) is 19.2. The molecule has 7 rings (SSSR count). The predicted octanol–water partition coefficient (Wildman–Crippen LogP) is 4.15. The summed E-state index contributed by atoms with van der Waals surface area (Å²) in [6.07, 6.45) is -0.826. The third-order valence-corrected chi connectivity index (χ3v) is 9.12. The highest BCUT2D eigenvalue weighted by molar-refractivity contribution is 6.10. The molecule has 1 aromatic carbocycles. The number of hydrogen-bond donors (Lipinski definition) is 1. The van der Waals surface area contributed by atoms with Crippen LogP contribution < -0.4 is 20.0 Å². The molecular weight excluding hydrogens is 535 g/mol. The van der Waals surface area contributed by atoms with E-state index in [-0.39, 0.29) is 40.7 Å². The van der Waals surface area contributed by atoms with E-state index in [1.54, 1.807) is 7.05 Å². The van der Waals surface area contributed by atoms with Gasteiger partial charge in [-0.3, -0.25) is 19.3 Å². The number of likely N-dealkylation sites (N-methyl/N-ethyl adjacent to an activating group) is 1. The molecule has 1 aromatic heterocycles. The topological polar surface area (TPSA) is 85.9 Å². The SMILES string of the molecule is C=CC(=O)NC12CC(CN3C[C@H]4CC(=O)N(c5cc(C(F)(F)F)cc(C)n5)[C@@H]4C(=O)N(C)c4cccc(C)c43)(C1)C2. The molecule has 8 nitrogen and oxygen atoms in total. The van der Waals surface area contributed by atoms with Crippen LogP contribution in [0.25, 0.3) is 0 Å². The number of aromatic nitrogens is 1. The van der Waals surface area contributed by atoms with Gasteiger partial charge in [-0.15, -0.1) is 0 Å². The summed E-state index contributed by atoms with van der Waals surface area (Å²) in [7, 11) is 1.65. The summed E-state index contributed by atoms with van der Waals surface area (Å²) in [4.78, 5) is 48.6. The second-order valence-corrected chi connectivity index (χ2v) is 12.3.